The molecule has 0 aromatic heterocycles. The van der Waals surface area contributed by atoms with Crippen molar-refractivity contribution >= 4 is 17.7 Å². The molecule has 4 rings (SSSR count). The summed E-state index contributed by atoms with van der Waals surface area (Å²) in [5.41, 5.74) is 0.537. The summed E-state index contributed by atoms with van der Waals surface area (Å²) in [7, 11) is 2.08. The molecule has 1 saturated carbocycles. The van der Waals surface area contributed by atoms with Crippen LogP contribution in [0.1, 0.15) is 52.5 Å². The first kappa shape index (κ1) is 26.2. The molecule has 2 heterocycles. The molecule has 1 N–H and O–H groups in total. The minimum absolute atomic E-state index is 0.0249. The third-order valence-corrected chi connectivity index (χ3v) is 7.55. The fourth-order valence-corrected chi connectivity index (χ4v) is 5.91. The number of amides is 2. The van der Waals surface area contributed by atoms with Gasteiger partial charge in [0.1, 0.15) is 23.5 Å². The van der Waals surface area contributed by atoms with E-state index in [4.69, 9.17) is 4.74 Å². The monoisotopic (exact) mass is 499 g/mol. The van der Waals surface area contributed by atoms with E-state index in [2.05, 4.69) is 35.2 Å². The molecule has 2 amide bonds. The van der Waals surface area contributed by atoms with Gasteiger partial charge in [-0.1, -0.05) is 6.07 Å². The van der Waals surface area contributed by atoms with Crippen LogP contribution >= 0.6 is 0 Å². The van der Waals surface area contributed by atoms with Gasteiger partial charge in [0.05, 0.1) is 6.07 Å². The number of nitrogens with one attached hydrogen (secondary N) is 1. The number of carbonyl (C=O) groups excluding carboxylic acids is 2. The number of halogens is 1. The molecule has 8 nitrogen and oxygen atoms in total. The second kappa shape index (κ2) is 10.3. The van der Waals surface area contributed by atoms with Gasteiger partial charge in [0.2, 0.25) is 5.91 Å². The summed E-state index contributed by atoms with van der Waals surface area (Å²) in [6.07, 6.45) is 2.02. The van der Waals surface area contributed by atoms with Crippen molar-refractivity contribution < 1.29 is 18.7 Å². The zero-order valence-corrected chi connectivity index (χ0v) is 22.0. The van der Waals surface area contributed by atoms with Crippen molar-refractivity contribution in [2.75, 3.05) is 31.6 Å². The summed E-state index contributed by atoms with van der Waals surface area (Å²) in [6, 6.07) is 5.89. The molecule has 36 heavy (non-hydrogen) atoms. The Balaban J connectivity index is 1.42. The number of carbonyl (C=O) groups is 2. The summed E-state index contributed by atoms with van der Waals surface area (Å²) in [5.74, 6) is -0.713. The number of likely N-dealkylation sites (tertiary alicyclic amines) is 1. The molecular formula is C27H38FN5O3. The molecule has 2 saturated heterocycles. The normalized spacial score (nSPS) is 27.0. The highest BCUT2D eigenvalue weighted by atomic mass is 19.1. The average molecular weight is 500 g/mol. The quantitative estimate of drug-likeness (QED) is 0.669. The second-order valence-electron chi connectivity index (χ2n) is 11.5. The van der Waals surface area contributed by atoms with Gasteiger partial charge in [-0.15, -0.1) is 0 Å². The highest BCUT2D eigenvalue weighted by Gasteiger charge is 2.52. The maximum absolute atomic E-state index is 15.1. The number of nitrogens with zero attached hydrogens (tertiary/aromatic N) is 4. The second-order valence-corrected chi connectivity index (χ2v) is 11.5. The Bertz CT molecular complexity index is 1040. The Morgan fingerprint density at radius 1 is 1.28 bits per heavy atom. The van der Waals surface area contributed by atoms with Crippen LogP contribution in [0, 0.1) is 23.1 Å². The topological polar surface area (TPSA) is 88.9 Å². The number of rotatable bonds is 5. The van der Waals surface area contributed by atoms with Crippen LogP contribution in [0.5, 0.6) is 0 Å². The fraction of sp³-hybridized carbons (Fsp3) is 0.667. The Hall–Kier alpha value is -2.86. The Labute approximate surface area is 213 Å². The zero-order valence-electron chi connectivity index (χ0n) is 22.0. The molecule has 1 unspecified atom stereocenters. The van der Waals surface area contributed by atoms with Gasteiger partial charge >= 0.3 is 6.09 Å². The van der Waals surface area contributed by atoms with E-state index in [0.29, 0.717) is 5.56 Å². The van der Waals surface area contributed by atoms with Crippen LogP contribution < -0.4 is 10.2 Å². The van der Waals surface area contributed by atoms with E-state index >= 15 is 4.39 Å². The number of hydrogen-bond acceptors (Lipinski definition) is 6. The zero-order chi connectivity index (χ0) is 26.2. The van der Waals surface area contributed by atoms with Crippen LogP contribution in [0.4, 0.5) is 14.9 Å². The van der Waals surface area contributed by atoms with E-state index in [1.165, 1.54) is 6.07 Å². The number of hydrogen-bond donors (Lipinski definition) is 1. The summed E-state index contributed by atoms with van der Waals surface area (Å²) in [6.45, 7) is 10.2. The van der Waals surface area contributed by atoms with Gasteiger partial charge in [-0.3, -0.25) is 9.69 Å². The maximum Gasteiger partial charge on any atom is 0.411 e. The highest BCUT2D eigenvalue weighted by molar-refractivity contribution is 5.87. The molecule has 9 heteroatoms. The van der Waals surface area contributed by atoms with Gasteiger partial charge in [-0.25, -0.2) is 9.18 Å². The van der Waals surface area contributed by atoms with Crippen LogP contribution in [0.3, 0.4) is 0 Å². The first-order valence-electron chi connectivity index (χ1n) is 12.9. The van der Waals surface area contributed by atoms with Crippen molar-refractivity contribution in [3.05, 3.63) is 29.6 Å². The number of likely N-dealkylation sites (N-methyl/N-ethyl adjacent to an activating group) is 1. The van der Waals surface area contributed by atoms with Gasteiger partial charge in [0.15, 0.2) is 0 Å². The van der Waals surface area contributed by atoms with Crippen molar-refractivity contribution in [3.8, 4) is 6.07 Å². The fourth-order valence-electron chi connectivity index (χ4n) is 5.91. The van der Waals surface area contributed by atoms with Gasteiger partial charge in [0, 0.05) is 43.8 Å². The molecule has 5 atom stereocenters. The summed E-state index contributed by atoms with van der Waals surface area (Å²) < 4.78 is 20.6. The lowest BCUT2D eigenvalue weighted by molar-refractivity contribution is -0.128. The number of nitriles is 1. The number of fused-ring (bicyclic) bond motifs is 2. The van der Waals surface area contributed by atoms with Crippen molar-refractivity contribution in [1.82, 2.24) is 15.1 Å². The number of piperazine rings is 1. The predicted octanol–water partition coefficient (Wildman–Crippen LogP) is 3.30. The molecule has 196 valence electrons. The first-order chi connectivity index (χ1) is 17.0. The smallest absolute Gasteiger partial charge is 0.411 e. The Kier molecular flexibility index (Phi) is 7.46. The molecule has 1 aromatic carbocycles. The van der Waals surface area contributed by atoms with E-state index < -0.39 is 23.8 Å². The van der Waals surface area contributed by atoms with Crippen LogP contribution in [0.15, 0.2) is 18.2 Å². The lowest BCUT2D eigenvalue weighted by Crippen LogP contribution is -2.55. The summed E-state index contributed by atoms with van der Waals surface area (Å²) in [4.78, 5) is 32.1. The first-order valence-corrected chi connectivity index (χ1v) is 12.9. The van der Waals surface area contributed by atoms with Crippen LogP contribution in [0.2, 0.25) is 0 Å². The lowest BCUT2D eigenvalue weighted by atomic mass is 9.97. The van der Waals surface area contributed by atoms with E-state index in [1.807, 2.05) is 6.07 Å². The predicted molar refractivity (Wildman–Crippen MR) is 135 cm³/mol. The Morgan fingerprint density at radius 3 is 2.67 bits per heavy atom. The van der Waals surface area contributed by atoms with Crippen LogP contribution in [-0.2, 0) is 16.0 Å². The van der Waals surface area contributed by atoms with Crippen molar-refractivity contribution in [1.29, 1.82) is 5.26 Å². The number of benzene rings is 1. The molecular weight excluding hydrogens is 461 g/mol. The van der Waals surface area contributed by atoms with E-state index in [9.17, 15) is 14.9 Å². The molecule has 1 aliphatic carbocycles. The third-order valence-electron chi connectivity index (χ3n) is 7.55. The Morgan fingerprint density at radius 2 is 2.03 bits per heavy atom. The van der Waals surface area contributed by atoms with Crippen LogP contribution in [0.25, 0.3) is 0 Å². The summed E-state index contributed by atoms with van der Waals surface area (Å²) in [5, 5.41) is 12.5. The molecule has 1 aromatic rings. The van der Waals surface area contributed by atoms with Gasteiger partial charge in [0.25, 0.3) is 0 Å². The molecule has 0 spiro atoms. The summed E-state index contributed by atoms with van der Waals surface area (Å²) >= 11 is 0. The highest BCUT2D eigenvalue weighted by Crippen LogP contribution is 2.43. The van der Waals surface area contributed by atoms with E-state index in [1.54, 1.807) is 31.7 Å². The van der Waals surface area contributed by atoms with Gasteiger partial charge in [-0.05, 0) is 77.6 Å². The number of piperidine rings is 1. The number of ether oxygens (including phenoxy) is 1. The average Bonchev–Trinajstić information content (AvgIpc) is 3.40. The van der Waals surface area contributed by atoms with Crippen molar-refractivity contribution in [3.63, 3.8) is 0 Å². The lowest BCUT2D eigenvalue weighted by Gasteiger charge is -2.40. The third kappa shape index (κ3) is 5.59. The SMILES string of the molecule is CC1CN(C)CCN1c1ccc(C[C@@H](C#N)NC(=O)[C@@H]2[C@H]3CC[C@H](C3)N2C(=O)OC(C)(C)C)c(F)c1. The molecule has 3 aliphatic rings. The van der Waals surface area contributed by atoms with Gasteiger partial charge < -0.3 is 19.9 Å². The van der Waals surface area contributed by atoms with Crippen molar-refractivity contribution in [2.24, 2.45) is 5.92 Å². The molecule has 2 aliphatic heterocycles. The largest absolute Gasteiger partial charge is 0.444 e. The minimum atomic E-state index is -0.903. The number of anilines is 1. The van der Waals surface area contributed by atoms with E-state index in [-0.39, 0.29) is 36.1 Å². The van der Waals surface area contributed by atoms with Crippen molar-refractivity contribution in [2.45, 2.75) is 83.1 Å². The molecule has 2 bridgehead atoms. The standard InChI is InChI=1S/C27H38FN5O3/c1-17-16-31(5)10-11-32(17)21-8-6-18(23(28)14-21)12-20(15-29)30-25(34)24-19-7-9-22(13-19)33(24)26(35)36-27(2,3)4/h6,8,14,17,19-20,22,24H,7,9-13,16H2,1-5H3,(H,30,34)/t17?,19-,20-,22+,24-/m0/s1. The van der Waals surface area contributed by atoms with E-state index in [0.717, 1.165) is 44.6 Å². The minimum Gasteiger partial charge on any atom is -0.444 e. The molecule has 3 fully saturated rings. The maximum atomic E-state index is 15.1. The molecule has 0 radical (unpaired) electrons. The van der Waals surface area contributed by atoms with Crippen LogP contribution in [-0.4, -0.2) is 78.3 Å². The van der Waals surface area contributed by atoms with Gasteiger partial charge in [-0.2, -0.15) is 5.26 Å².